The molecule has 0 aromatic carbocycles. The standard InChI is InChI=1S/C22H32ClN8O9P/c1-37-10-22(41(34,35)36,11-38-9-16-26-29-30-27-16)39-8-15-17(32)18(33)19(40-15)13-6-7-14-20(24-12-4-2-3-5-12)25-21(23)28-31(13)14/h6-7,12,15,17-19,32-33H,2-5,8-11H2,1H3,(H,24,25,28)(H2,34,35,36)(H,26,27,29,30)/t15-,17-,18-,19+,22?/m1/s1. The Hall–Kier alpha value is -2.31. The summed E-state index contributed by atoms with van der Waals surface area (Å²) in [6.45, 7) is -1.88. The van der Waals surface area contributed by atoms with Gasteiger partial charge in [0.05, 0.1) is 25.5 Å². The number of tetrazole rings is 1. The molecule has 5 atom stereocenters. The number of aromatic amines is 1. The summed E-state index contributed by atoms with van der Waals surface area (Å²) in [6.07, 6.45) is -0.828. The van der Waals surface area contributed by atoms with Gasteiger partial charge in [-0.15, -0.1) is 15.3 Å². The van der Waals surface area contributed by atoms with E-state index in [2.05, 4.69) is 36.0 Å². The number of nitrogens with zero attached hydrogens (tertiary/aromatic N) is 6. The first-order valence-corrected chi connectivity index (χ1v) is 14.9. The molecule has 0 bridgehead atoms. The summed E-state index contributed by atoms with van der Waals surface area (Å²) in [4.78, 5) is 24.7. The van der Waals surface area contributed by atoms with Crippen molar-refractivity contribution in [3.05, 3.63) is 28.9 Å². The van der Waals surface area contributed by atoms with Gasteiger partial charge in [-0.3, -0.25) is 4.57 Å². The lowest BCUT2D eigenvalue weighted by atomic mass is 10.1. The molecule has 3 aromatic heterocycles. The molecule has 19 heteroatoms. The second kappa shape index (κ2) is 12.5. The number of ether oxygens (including phenoxy) is 4. The molecule has 2 aliphatic rings. The number of nitrogens with one attached hydrogen (secondary N) is 2. The van der Waals surface area contributed by atoms with Gasteiger partial charge >= 0.3 is 7.60 Å². The normalized spacial score (nSPS) is 25.2. The Labute approximate surface area is 238 Å². The molecular weight excluding hydrogens is 587 g/mol. The summed E-state index contributed by atoms with van der Waals surface area (Å²) in [5.74, 6) is 0.704. The van der Waals surface area contributed by atoms with E-state index >= 15 is 0 Å². The second-order valence-electron chi connectivity index (χ2n) is 10.0. The number of aromatic nitrogens is 7. The molecule has 4 heterocycles. The molecule has 1 aliphatic heterocycles. The van der Waals surface area contributed by atoms with E-state index in [1.807, 2.05) is 0 Å². The van der Waals surface area contributed by atoms with Crippen LogP contribution in [0.4, 0.5) is 5.82 Å². The number of aliphatic hydroxyl groups excluding tert-OH is 2. The Bertz CT molecular complexity index is 1350. The SMILES string of the molecule is COCC(COCc1nn[nH]n1)(OC[C@H]1O[C@@H](c2ccc3c(NC4CCCC4)nc(Cl)nn23)[C@H](O)[C@@H]1O)P(=O)(O)O. The molecule has 41 heavy (non-hydrogen) atoms. The number of halogens is 1. The van der Waals surface area contributed by atoms with E-state index in [4.69, 9.17) is 30.5 Å². The number of rotatable bonds is 13. The fraction of sp³-hybridized carbons (Fsp3) is 0.682. The molecule has 0 radical (unpaired) electrons. The number of fused-ring (bicyclic) bond motifs is 1. The third-order valence-corrected chi connectivity index (χ3v) is 8.84. The average molecular weight is 619 g/mol. The zero-order chi connectivity index (χ0) is 29.2. The van der Waals surface area contributed by atoms with Crippen molar-refractivity contribution in [2.45, 2.75) is 68.1 Å². The Morgan fingerprint density at radius 2 is 2.02 bits per heavy atom. The van der Waals surface area contributed by atoms with Crippen molar-refractivity contribution < 1.29 is 43.5 Å². The summed E-state index contributed by atoms with van der Waals surface area (Å²) in [7, 11) is -3.78. The third kappa shape index (κ3) is 6.39. The third-order valence-electron chi connectivity index (χ3n) is 7.23. The first-order chi connectivity index (χ1) is 19.6. The first kappa shape index (κ1) is 30.2. The molecule has 2 fully saturated rings. The van der Waals surface area contributed by atoms with E-state index in [-0.39, 0.29) is 23.8 Å². The van der Waals surface area contributed by atoms with Crippen LogP contribution in [0.25, 0.3) is 5.52 Å². The van der Waals surface area contributed by atoms with Crippen molar-refractivity contribution in [2.24, 2.45) is 0 Å². The van der Waals surface area contributed by atoms with Crippen LogP contribution in [0, 0.1) is 0 Å². The zero-order valence-corrected chi connectivity index (χ0v) is 23.7. The Morgan fingerprint density at radius 3 is 2.71 bits per heavy atom. The number of H-pyrrole nitrogens is 1. The molecular formula is C22H32ClN8O9P. The van der Waals surface area contributed by atoms with Gasteiger partial charge in [-0.2, -0.15) is 10.2 Å². The summed E-state index contributed by atoms with van der Waals surface area (Å²) in [6, 6.07) is 3.70. The molecule has 1 saturated carbocycles. The van der Waals surface area contributed by atoms with Crippen LogP contribution in [0.15, 0.2) is 12.1 Å². The van der Waals surface area contributed by atoms with Crippen LogP contribution in [0.1, 0.15) is 43.3 Å². The summed E-state index contributed by atoms with van der Waals surface area (Å²) in [5, 5.41) is 40.2. The fourth-order valence-electron chi connectivity index (χ4n) is 5.09. The summed E-state index contributed by atoms with van der Waals surface area (Å²) in [5.41, 5.74) is 1.01. The topological polar surface area (TPSA) is 232 Å². The zero-order valence-electron chi connectivity index (χ0n) is 22.0. The van der Waals surface area contributed by atoms with Gasteiger partial charge in [0.1, 0.15) is 36.5 Å². The van der Waals surface area contributed by atoms with Gasteiger partial charge in [0, 0.05) is 13.2 Å². The van der Waals surface area contributed by atoms with E-state index in [0.29, 0.717) is 17.0 Å². The Balaban J connectivity index is 1.32. The summed E-state index contributed by atoms with van der Waals surface area (Å²) >= 11 is 6.22. The highest BCUT2D eigenvalue weighted by Gasteiger charge is 2.52. The van der Waals surface area contributed by atoms with E-state index in [1.165, 1.54) is 11.6 Å². The maximum absolute atomic E-state index is 12.5. The van der Waals surface area contributed by atoms with Gasteiger partial charge in [0.25, 0.3) is 0 Å². The average Bonchev–Trinajstić information content (AvgIpc) is 3.73. The van der Waals surface area contributed by atoms with Crippen molar-refractivity contribution in [1.29, 1.82) is 0 Å². The first-order valence-electron chi connectivity index (χ1n) is 12.9. The van der Waals surface area contributed by atoms with Crippen molar-refractivity contribution in [1.82, 2.24) is 35.2 Å². The maximum Gasteiger partial charge on any atom is 0.361 e. The lowest BCUT2D eigenvalue weighted by Crippen LogP contribution is -2.45. The molecule has 0 spiro atoms. The number of hydrogen-bond donors (Lipinski definition) is 6. The van der Waals surface area contributed by atoms with Gasteiger partial charge in [-0.25, -0.2) is 4.52 Å². The molecule has 17 nitrogen and oxygen atoms in total. The number of methoxy groups -OCH3 is 1. The predicted octanol–water partition coefficient (Wildman–Crippen LogP) is 0.166. The molecule has 5 rings (SSSR count). The molecule has 1 unspecified atom stereocenters. The van der Waals surface area contributed by atoms with Gasteiger partial charge < -0.3 is 44.3 Å². The Morgan fingerprint density at radius 1 is 1.24 bits per heavy atom. The van der Waals surface area contributed by atoms with E-state index in [0.717, 1.165) is 25.7 Å². The van der Waals surface area contributed by atoms with E-state index in [9.17, 15) is 24.6 Å². The van der Waals surface area contributed by atoms with Crippen molar-refractivity contribution >= 4 is 30.5 Å². The highest BCUT2D eigenvalue weighted by Crippen LogP contribution is 2.52. The highest BCUT2D eigenvalue weighted by molar-refractivity contribution is 7.53. The van der Waals surface area contributed by atoms with Gasteiger partial charge in [0.15, 0.2) is 11.6 Å². The number of aliphatic hydroxyl groups is 2. The minimum atomic E-state index is -5.02. The second-order valence-corrected chi connectivity index (χ2v) is 12.3. The fourth-order valence-corrected chi connectivity index (χ4v) is 6.05. The molecule has 6 N–H and O–H groups in total. The van der Waals surface area contributed by atoms with Crippen LogP contribution < -0.4 is 5.32 Å². The molecule has 3 aromatic rings. The van der Waals surface area contributed by atoms with Crippen LogP contribution in [0.2, 0.25) is 5.28 Å². The predicted molar refractivity (Wildman–Crippen MR) is 140 cm³/mol. The quantitative estimate of drug-likeness (QED) is 0.140. The summed E-state index contributed by atoms with van der Waals surface area (Å²) < 4.78 is 36.1. The molecule has 0 amide bonds. The minimum absolute atomic E-state index is 0.0184. The smallest absolute Gasteiger partial charge is 0.361 e. The van der Waals surface area contributed by atoms with Crippen LogP contribution in [-0.2, 0) is 30.1 Å². The van der Waals surface area contributed by atoms with Crippen LogP contribution in [0.3, 0.4) is 0 Å². The Kier molecular flexibility index (Phi) is 9.20. The highest BCUT2D eigenvalue weighted by atomic mass is 35.5. The van der Waals surface area contributed by atoms with Gasteiger partial charge in [-0.05, 0) is 36.6 Å². The van der Waals surface area contributed by atoms with Crippen molar-refractivity contribution in [2.75, 3.05) is 32.2 Å². The van der Waals surface area contributed by atoms with Crippen LogP contribution >= 0.6 is 19.2 Å². The molecule has 1 aliphatic carbocycles. The largest absolute Gasteiger partial charge is 0.387 e. The number of anilines is 1. The van der Waals surface area contributed by atoms with Gasteiger partial charge in [0.2, 0.25) is 10.6 Å². The molecule has 1 saturated heterocycles. The van der Waals surface area contributed by atoms with Crippen molar-refractivity contribution in [3.8, 4) is 0 Å². The lowest BCUT2D eigenvalue weighted by molar-refractivity contribution is -0.130. The van der Waals surface area contributed by atoms with Crippen molar-refractivity contribution in [3.63, 3.8) is 0 Å². The number of hydrogen-bond acceptors (Lipinski definition) is 13. The maximum atomic E-state index is 12.5. The van der Waals surface area contributed by atoms with Gasteiger partial charge in [-0.1, -0.05) is 18.1 Å². The van der Waals surface area contributed by atoms with E-state index in [1.54, 1.807) is 12.1 Å². The monoisotopic (exact) mass is 618 g/mol. The molecule has 226 valence electrons. The van der Waals surface area contributed by atoms with Crippen LogP contribution in [-0.4, -0.2) is 112 Å². The van der Waals surface area contributed by atoms with Crippen LogP contribution in [0.5, 0.6) is 0 Å². The minimum Gasteiger partial charge on any atom is -0.387 e. The van der Waals surface area contributed by atoms with E-state index < -0.39 is 57.2 Å². The lowest BCUT2D eigenvalue weighted by Gasteiger charge is -2.34.